The van der Waals surface area contributed by atoms with Crippen molar-refractivity contribution in [3.63, 3.8) is 0 Å². The lowest BCUT2D eigenvalue weighted by Gasteiger charge is -2.21. The number of phenolic OH excluding ortho intramolecular Hbond substituents is 1. The third kappa shape index (κ3) is 1.43. The molecular weight excluding hydrogens is 216 g/mol. The first-order chi connectivity index (χ1) is 8.16. The molecule has 3 N–H and O–H groups in total. The normalized spacial score (nSPS) is 13.0. The van der Waals surface area contributed by atoms with Gasteiger partial charge in [-0.05, 0) is 37.0 Å². The lowest BCUT2D eigenvalue weighted by Crippen LogP contribution is -2.09. The number of aromatic hydroxyl groups is 1. The minimum Gasteiger partial charge on any atom is -0.507 e. The smallest absolute Gasteiger partial charge is 0.240 e. The van der Waals surface area contributed by atoms with Crippen LogP contribution in [0.25, 0.3) is 11.3 Å². The molecule has 0 unspecified atom stereocenters. The molecule has 17 heavy (non-hydrogen) atoms. The Labute approximate surface area is 98.3 Å². The lowest BCUT2D eigenvalue weighted by atomic mass is 9.85. The van der Waals surface area contributed by atoms with E-state index in [0.29, 0.717) is 22.7 Å². The van der Waals surface area contributed by atoms with Crippen LogP contribution in [-0.4, -0.2) is 20.3 Å². The number of nitrogen functional groups attached to an aromatic ring is 1. The average Bonchev–Trinajstić information content (AvgIpc) is 2.22. The molecule has 0 aliphatic heterocycles. The molecule has 1 aliphatic rings. The van der Waals surface area contributed by atoms with Gasteiger partial charge in [0.05, 0.1) is 5.69 Å². The van der Waals surface area contributed by atoms with Crippen LogP contribution in [0.4, 0.5) is 5.95 Å². The van der Waals surface area contributed by atoms with E-state index in [-0.39, 0.29) is 5.95 Å². The number of fused-ring (bicyclic) bond motifs is 1. The van der Waals surface area contributed by atoms with E-state index in [1.165, 1.54) is 5.56 Å². The Morgan fingerprint density at radius 2 is 2.06 bits per heavy atom. The molecule has 0 spiro atoms. The van der Waals surface area contributed by atoms with Crippen molar-refractivity contribution in [1.82, 2.24) is 15.2 Å². The number of anilines is 1. The molecule has 0 bridgehead atoms. The number of aryl methyl sites for hydroxylation is 2. The maximum atomic E-state index is 10.2. The second-order valence-corrected chi connectivity index (χ2v) is 4.20. The van der Waals surface area contributed by atoms with Crippen molar-refractivity contribution in [3.8, 4) is 17.0 Å². The van der Waals surface area contributed by atoms with Crippen molar-refractivity contribution in [2.24, 2.45) is 0 Å². The fourth-order valence-electron chi connectivity index (χ4n) is 2.13. The highest BCUT2D eigenvalue weighted by Crippen LogP contribution is 2.39. The summed E-state index contributed by atoms with van der Waals surface area (Å²) in [5.41, 5.74) is 9.63. The summed E-state index contributed by atoms with van der Waals surface area (Å²) in [6.07, 6.45) is 1.96. The Hall–Kier alpha value is -2.17. The van der Waals surface area contributed by atoms with Crippen LogP contribution in [0.5, 0.6) is 5.75 Å². The van der Waals surface area contributed by atoms with Crippen molar-refractivity contribution in [2.75, 3.05) is 5.73 Å². The molecule has 0 fully saturated rings. The van der Waals surface area contributed by atoms with Gasteiger partial charge in [-0.3, -0.25) is 0 Å². The van der Waals surface area contributed by atoms with Gasteiger partial charge in [-0.15, -0.1) is 10.2 Å². The lowest BCUT2D eigenvalue weighted by molar-refractivity contribution is 0.463. The highest BCUT2D eigenvalue weighted by molar-refractivity contribution is 5.72. The highest BCUT2D eigenvalue weighted by Gasteiger charge is 2.21. The molecular formula is C12H12N4O. The van der Waals surface area contributed by atoms with Crippen LogP contribution in [0.3, 0.4) is 0 Å². The molecule has 3 rings (SSSR count). The topological polar surface area (TPSA) is 84.9 Å². The summed E-state index contributed by atoms with van der Waals surface area (Å²) in [6.45, 7) is 1.80. The van der Waals surface area contributed by atoms with Crippen molar-refractivity contribution < 1.29 is 5.11 Å². The summed E-state index contributed by atoms with van der Waals surface area (Å²) in [5, 5.41) is 17.9. The maximum Gasteiger partial charge on any atom is 0.240 e. The number of nitrogens with two attached hydrogens (primary N) is 1. The summed E-state index contributed by atoms with van der Waals surface area (Å²) < 4.78 is 0. The quantitative estimate of drug-likeness (QED) is 0.766. The van der Waals surface area contributed by atoms with Gasteiger partial charge in [-0.1, -0.05) is 6.07 Å². The molecule has 5 nitrogen and oxygen atoms in total. The second kappa shape index (κ2) is 3.41. The summed E-state index contributed by atoms with van der Waals surface area (Å²) in [7, 11) is 0. The maximum absolute atomic E-state index is 10.2. The minimum atomic E-state index is 0.148. The first-order valence-electron chi connectivity index (χ1n) is 5.47. The van der Waals surface area contributed by atoms with Gasteiger partial charge in [0.1, 0.15) is 11.4 Å². The first-order valence-corrected chi connectivity index (χ1v) is 5.47. The molecule has 0 atom stereocenters. The molecule has 0 amide bonds. The van der Waals surface area contributed by atoms with Gasteiger partial charge in [0.2, 0.25) is 5.95 Å². The second-order valence-electron chi connectivity index (χ2n) is 4.20. The number of hydrogen-bond acceptors (Lipinski definition) is 5. The molecule has 1 aliphatic carbocycles. The predicted octanol–water partition coefficient (Wildman–Crippen LogP) is 1.23. The largest absolute Gasteiger partial charge is 0.507 e. The Morgan fingerprint density at radius 3 is 2.71 bits per heavy atom. The van der Waals surface area contributed by atoms with Gasteiger partial charge < -0.3 is 10.8 Å². The van der Waals surface area contributed by atoms with Crippen molar-refractivity contribution in [3.05, 3.63) is 29.0 Å². The highest BCUT2D eigenvalue weighted by atomic mass is 16.3. The van der Waals surface area contributed by atoms with Crippen LogP contribution in [0, 0.1) is 6.92 Å². The molecule has 1 aromatic heterocycles. The zero-order chi connectivity index (χ0) is 12.0. The molecule has 0 saturated heterocycles. The molecule has 0 saturated carbocycles. The minimum absolute atomic E-state index is 0.148. The Bertz CT molecular complexity index is 610. The number of benzene rings is 1. The first kappa shape index (κ1) is 10.0. The van der Waals surface area contributed by atoms with Crippen LogP contribution >= 0.6 is 0 Å². The van der Waals surface area contributed by atoms with E-state index in [4.69, 9.17) is 5.73 Å². The zero-order valence-corrected chi connectivity index (χ0v) is 9.44. The molecule has 2 aromatic rings. The third-order valence-electron chi connectivity index (χ3n) is 3.16. The Kier molecular flexibility index (Phi) is 2.01. The Morgan fingerprint density at radius 1 is 1.24 bits per heavy atom. The van der Waals surface area contributed by atoms with Gasteiger partial charge >= 0.3 is 0 Å². The number of rotatable bonds is 1. The molecule has 1 aromatic carbocycles. The van der Waals surface area contributed by atoms with Crippen LogP contribution in [0.2, 0.25) is 0 Å². The van der Waals surface area contributed by atoms with Gasteiger partial charge in [0.15, 0.2) is 0 Å². The summed E-state index contributed by atoms with van der Waals surface area (Å²) >= 11 is 0. The third-order valence-corrected chi connectivity index (χ3v) is 3.16. The van der Waals surface area contributed by atoms with E-state index in [1.54, 1.807) is 6.92 Å². The molecule has 86 valence electrons. The van der Waals surface area contributed by atoms with E-state index in [0.717, 1.165) is 18.4 Å². The van der Waals surface area contributed by atoms with E-state index in [2.05, 4.69) is 15.2 Å². The van der Waals surface area contributed by atoms with Crippen molar-refractivity contribution in [2.45, 2.75) is 19.8 Å². The number of hydrogen-bond donors (Lipinski definition) is 2. The van der Waals surface area contributed by atoms with E-state index in [9.17, 15) is 5.11 Å². The van der Waals surface area contributed by atoms with Gasteiger partial charge in [-0.25, -0.2) is 4.98 Å². The Balaban J connectivity index is 2.19. The summed E-state index contributed by atoms with van der Waals surface area (Å²) in [4.78, 5) is 4.05. The molecule has 1 heterocycles. The van der Waals surface area contributed by atoms with Crippen LogP contribution in [0.1, 0.15) is 16.8 Å². The number of nitrogens with zero attached hydrogens (tertiary/aromatic N) is 3. The zero-order valence-electron chi connectivity index (χ0n) is 9.44. The van der Waals surface area contributed by atoms with Crippen LogP contribution < -0.4 is 5.73 Å². The van der Waals surface area contributed by atoms with E-state index in [1.807, 2.05) is 12.1 Å². The fourth-order valence-corrected chi connectivity index (χ4v) is 2.13. The monoisotopic (exact) mass is 228 g/mol. The number of phenols is 1. The SMILES string of the molecule is Cc1nc(N)nnc1-c1ccc2c(c1O)CC2. The number of aromatic nitrogens is 3. The van der Waals surface area contributed by atoms with E-state index >= 15 is 0 Å². The molecule has 5 heteroatoms. The molecule has 0 radical (unpaired) electrons. The summed E-state index contributed by atoms with van der Waals surface area (Å²) in [6, 6.07) is 3.88. The predicted molar refractivity (Wildman–Crippen MR) is 63.5 cm³/mol. The van der Waals surface area contributed by atoms with Crippen LogP contribution in [0.15, 0.2) is 12.1 Å². The van der Waals surface area contributed by atoms with E-state index < -0.39 is 0 Å². The standard InChI is InChI=1S/C12H12N4O/c1-6-10(15-16-12(13)14-6)9-5-3-7-2-4-8(7)11(9)17/h3,5,17H,2,4H2,1H3,(H2,13,14,16). The van der Waals surface area contributed by atoms with Crippen molar-refractivity contribution >= 4 is 5.95 Å². The fraction of sp³-hybridized carbons (Fsp3) is 0.250. The van der Waals surface area contributed by atoms with Gasteiger partial charge in [0.25, 0.3) is 0 Å². The average molecular weight is 228 g/mol. The van der Waals surface area contributed by atoms with Crippen LogP contribution in [-0.2, 0) is 12.8 Å². The van der Waals surface area contributed by atoms with Crippen molar-refractivity contribution in [1.29, 1.82) is 0 Å². The van der Waals surface area contributed by atoms with Gasteiger partial charge in [0, 0.05) is 5.56 Å². The summed E-state index contributed by atoms with van der Waals surface area (Å²) in [5.74, 6) is 0.451. The van der Waals surface area contributed by atoms with Gasteiger partial charge in [-0.2, -0.15) is 0 Å².